The van der Waals surface area contributed by atoms with Gasteiger partial charge in [0, 0.05) is 114 Å². The van der Waals surface area contributed by atoms with Gasteiger partial charge in [-0.3, -0.25) is 19.2 Å². The summed E-state index contributed by atoms with van der Waals surface area (Å²) in [4.78, 5) is 75.5. The van der Waals surface area contributed by atoms with Gasteiger partial charge in [0.1, 0.15) is 87.4 Å². The monoisotopic (exact) mass is 1960 g/mol. The number of aromatic hydroxyl groups is 2. The number of hydrogen-bond donors (Lipinski definition) is 4. The molecule has 0 aliphatic heterocycles. The fourth-order valence-electron chi connectivity index (χ4n) is 12.1. The second-order valence-electron chi connectivity index (χ2n) is 28.0. The van der Waals surface area contributed by atoms with Gasteiger partial charge in [-0.15, -0.1) is 0 Å². The number of carboxylic acids is 2. The van der Waals surface area contributed by atoms with E-state index in [2.05, 4.69) is 15.9 Å². The summed E-state index contributed by atoms with van der Waals surface area (Å²) in [6.45, 7) is 2.27. The fraction of sp³-hybridized carbons (Fsp3) is 0.116. The number of phenolic OH excluding ortho intramolecular Hbond substituents is 2. The van der Waals surface area contributed by atoms with Gasteiger partial charge in [0.05, 0.1) is 70.0 Å². The largest absolute Gasteiger partial charge is 0.504 e. The molecule has 4 heterocycles. The highest BCUT2D eigenvalue weighted by molar-refractivity contribution is 9.10. The molecule has 0 atom stereocenters. The summed E-state index contributed by atoms with van der Waals surface area (Å²) in [7, 11) is 12.1. The molecule has 0 radical (unpaired) electrons. The van der Waals surface area contributed by atoms with Crippen LogP contribution in [0.1, 0.15) is 20.7 Å². The number of phenols is 2. The lowest BCUT2D eigenvalue weighted by Gasteiger charge is -2.13. The molecule has 670 valence electrons. The molecule has 0 amide bonds. The Kier molecular flexibility index (Phi) is 33.0. The van der Waals surface area contributed by atoms with Crippen LogP contribution in [0.15, 0.2) is 266 Å². The van der Waals surface area contributed by atoms with Crippen molar-refractivity contribution in [2.45, 2.75) is 0 Å². The van der Waals surface area contributed by atoms with Crippen LogP contribution in [0.5, 0.6) is 63.2 Å². The summed E-state index contributed by atoms with van der Waals surface area (Å²) in [5.41, 5.74) is 0.655. The van der Waals surface area contributed by atoms with Gasteiger partial charge in [0.2, 0.25) is 21.7 Å². The van der Waals surface area contributed by atoms with E-state index in [9.17, 15) is 55.8 Å². The molecule has 17 rings (SSSR count). The zero-order valence-electron chi connectivity index (χ0n) is 68.8. The number of halogens is 12. The molecular weight excluding hydrogens is 1890 g/mol. The van der Waals surface area contributed by atoms with Gasteiger partial charge in [-0.1, -0.05) is 87.8 Å². The van der Waals surface area contributed by atoms with Gasteiger partial charge >= 0.3 is 11.9 Å². The first-order chi connectivity index (χ1) is 62.0. The number of carbonyl (C=O) groups is 2. The molecule has 0 saturated heterocycles. The number of ether oxygens (including phenoxy) is 7. The lowest BCUT2D eigenvalue weighted by atomic mass is 10.1. The first kappa shape index (κ1) is 97.3. The summed E-state index contributed by atoms with van der Waals surface area (Å²) in [6, 6.07) is 53.7. The van der Waals surface area contributed by atoms with E-state index < -0.39 is 41.0 Å². The molecule has 4 N–H and O–H groups in total. The predicted molar refractivity (Wildman–Crippen MR) is 495 cm³/mol. The predicted octanol–water partition coefficient (Wildman–Crippen LogP) is 24.5. The van der Waals surface area contributed by atoms with Crippen molar-refractivity contribution in [2.24, 2.45) is 0 Å². The molecule has 0 bridgehead atoms. The summed E-state index contributed by atoms with van der Waals surface area (Å²) in [6.07, 6.45) is 0. The van der Waals surface area contributed by atoms with Crippen LogP contribution in [-0.2, 0) is 0 Å². The third-order valence-corrected chi connectivity index (χ3v) is 20.3. The molecule has 23 nitrogen and oxygen atoms in total. The molecule has 0 aliphatic rings. The second-order valence-corrected chi connectivity index (χ2v) is 31.4. The highest BCUT2D eigenvalue weighted by Crippen LogP contribution is 2.39. The molecule has 0 fully saturated rings. The number of rotatable bonds is 17. The number of benzene rings is 13. The van der Waals surface area contributed by atoms with Crippen molar-refractivity contribution in [3.63, 3.8) is 0 Å². The van der Waals surface area contributed by atoms with E-state index >= 15 is 0 Å². The smallest absolute Gasteiger partial charge is 0.339 e. The number of carboxylic acid groups (broad SMARTS) is 2. The average Bonchev–Trinajstić information content (AvgIpc) is 0.770. The van der Waals surface area contributed by atoms with E-state index in [-0.39, 0.29) is 110 Å². The van der Waals surface area contributed by atoms with Crippen molar-refractivity contribution in [2.75, 3.05) is 75.8 Å². The maximum Gasteiger partial charge on any atom is 0.339 e. The Hall–Kier alpha value is -13.3. The Balaban J connectivity index is 0.000000150. The molecule has 130 heavy (non-hydrogen) atoms. The van der Waals surface area contributed by atoms with Crippen LogP contribution >= 0.6 is 85.5 Å². The SMILES string of the molecule is CN(C)CCOc1cc(Cl)cc2c(=O)c3ccc(F)cc3oc12.CN(C)CCOc1cc(Cl)cc2c(=O)c3ccc(Oc4ccccc4)cc3oc12.COc1cc(Cl)cc2c(=O)c3ccc(F)cc3oc12.COc1cc(Cl)ccc1O.COc1cc(Cl)ccc1Oc1cc(F)ccc1C(=O)O.O=C(O)c1ccc(F)cc1Br.O=c1c2ccc(F)cc2oc2c(O)cc(Cl)cc12. The zero-order chi connectivity index (χ0) is 94.1. The maximum atomic E-state index is 13.4. The van der Waals surface area contributed by atoms with E-state index in [4.69, 9.17) is 136 Å². The minimum atomic E-state index is -1.21. The number of para-hydroxylation sites is 1. The van der Waals surface area contributed by atoms with Gasteiger partial charge in [0.15, 0.2) is 68.3 Å². The van der Waals surface area contributed by atoms with E-state index in [1.807, 2.05) is 68.3 Å². The zero-order valence-corrected chi connectivity index (χ0v) is 75.0. The Morgan fingerprint density at radius 3 is 1.15 bits per heavy atom. The van der Waals surface area contributed by atoms with Crippen molar-refractivity contribution >= 4 is 185 Å². The summed E-state index contributed by atoms with van der Waals surface area (Å²) in [5, 5.41) is 41.2. The Morgan fingerprint density at radius 2 is 0.708 bits per heavy atom. The van der Waals surface area contributed by atoms with E-state index in [0.717, 1.165) is 42.9 Å². The standard InChI is InChI=1S/C23H20ClNO4.C17H15ClFNO3.C14H10ClFO4.C14H8ClFO3.C13H6ClFO3.C7H4BrFO2.C7H7ClO2/c1-25(2)10-11-27-21-13-15(24)12-19-22(26)18-9-8-17(14-20(18)29-23(19)21)28-16-6-4-3-5-7-16;1-20(2)5-6-22-15-8-10(18)7-13-16(21)12-4-3-11(19)9-14(12)23-17(13)15;1-19-13-6-8(15)2-5-11(13)20-12-7-9(16)3-4-10(12)14(17)18;1-18-12-5-7(15)4-10-13(17)9-3-2-8(16)6-11(9)19-14(10)12;14-6-3-9-12(17)8-2-1-7(15)5-11(8)18-13(9)10(16)4-6;8-6-3-4(9)1-2-5(6)7(10)11;1-10-7-4-5(8)2-3-6(7)9/h3-9,12-14H,10-11H2,1-2H3;3-4,7-9H,5-6H2,1-2H3;2-7H,1H3,(H,17,18);2-6H,1H3;1-5,16H;1-3H,(H,10,11);2-4,9H,1H3. The van der Waals surface area contributed by atoms with Crippen LogP contribution in [0.3, 0.4) is 0 Å². The van der Waals surface area contributed by atoms with Crippen molar-refractivity contribution < 1.29 is 103 Å². The molecule has 4 aromatic heterocycles. The number of nitrogens with zero attached hydrogens (tertiary/aromatic N) is 2. The number of aromatic carboxylic acids is 2. The Morgan fingerprint density at radius 1 is 0.338 bits per heavy atom. The summed E-state index contributed by atoms with van der Waals surface area (Å²) >= 11 is 38.3. The van der Waals surface area contributed by atoms with Crippen LogP contribution < -0.4 is 54.9 Å². The van der Waals surface area contributed by atoms with Gasteiger partial charge in [-0.2, -0.15) is 0 Å². The first-order valence-corrected chi connectivity index (χ1v) is 41.1. The third-order valence-electron chi connectivity index (χ3n) is 18.3. The lowest BCUT2D eigenvalue weighted by Crippen LogP contribution is -2.19. The van der Waals surface area contributed by atoms with Gasteiger partial charge in [-0.05, 0) is 184 Å². The van der Waals surface area contributed by atoms with Crippen molar-refractivity contribution in [1.29, 1.82) is 0 Å². The van der Waals surface area contributed by atoms with Crippen LogP contribution in [0.25, 0.3) is 87.8 Å². The van der Waals surface area contributed by atoms with Crippen LogP contribution in [0.2, 0.25) is 30.1 Å². The normalized spacial score (nSPS) is 10.8. The van der Waals surface area contributed by atoms with Crippen LogP contribution in [-0.4, -0.2) is 118 Å². The summed E-state index contributed by atoms with van der Waals surface area (Å²) < 4.78 is 126. The highest BCUT2D eigenvalue weighted by Gasteiger charge is 2.22. The molecule has 0 unspecified atom stereocenters. The van der Waals surface area contributed by atoms with E-state index in [1.54, 1.807) is 54.6 Å². The highest BCUT2D eigenvalue weighted by atomic mass is 79.9. The quantitative estimate of drug-likeness (QED) is 0.0486. The molecule has 35 heteroatoms. The molecule has 17 aromatic rings. The number of hydrogen-bond acceptors (Lipinski definition) is 21. The molecular formula is C95H70BrCl6F5N2O21. The van der Waals surface area contributed by atoms with Gasteiger partial charge in [-0.25, -0.2) is 31.5 Å². The number of fused-ring (bicyclic) bond motifs is 8. The fourth-order valence-corrected chi connectivity index (χ4v) is 13.8. The van der Waals surface area contributed by atoms with Crippen LogP contribution in [0, 0.1) is 29.1 Å². The van der Waals surface area contributed by atoms with Crippen molar-refractivity contribution in [3.05, 3.63) is 340 Å². The lowest BCUT2D eigenvalue weighted by molar-refractivity contribution is 0.0684. The molecule has 0 saturated carbocycles. The maximum absolute atomic E-state index is 13.4. The Bertz CT molecular complexity index is 7380. The molecule has 13 aromatic carbocycles. The Labute approximate surface area is 771 Å². The minimum absolute atomic E-state index is 0.00231. The van der Waals surface area contributed by atoms with E-state index in [1.165, 1.54) is 124 Å². The van der Waals surface area contributed by atoms with Crippen molar-refractivity contribution in [1.82, 2.24) is 9.80 Å². The van der Waals surface area contributed by atoms with Crippen LogP contribution in [0.4, 0.5) is 22.0 Å². The topological polar surface area (TPSA) is 307 Å². The summed E-state index contributed by atoms with van der Waals surface area (Å²) in [5.74, 6) is -1.66. The number of likely N-dealkylation sites (N-methyl/N-ethyl adjacent to an activating group) is 2. The first-order valence-electron chi connectivity index (χ1n) is 38.0. The average molecular weight is 1960 g/mol. The molecule has 0 aliphatic carbocycles. The molecule has 0 spiro atoms. The second kappa shape index (κ2) is 44.1. The minimum Gasteiger partial charge on any atom is -0.504 e. The van der Waals surface area contributed by atoms with Crippen molar-refractivity contribution in [3.8, 4) is 63.2 Å². The van der Waals surface area contributed by atoms with Gasteiger partial charge < -0.3 is 81.1 Å². The third kappa shape index (κ3) is 24.8. The van der Waals surface area contributed by atoms with E-state index in [0.29, 0.717) is 129 Å². The number of methoxy groups -OCH3 is 3. The van der Waals surface area contributed by atoms with Gasteiger partial charge in [0.25, 0.3) is 0 Å².